The molecule has 0 saturated carbocycles. The molecule has 0 fully saturated rings. The fraction of sp³-hybridized carbons (Fsp3) is 0. The average molecular weight is 322 g/mol. The third-order valence-corrected chi connectivity index (χ3v) is 3.66. The normalized spacial score (nSPS) is 10.7. The zero-order valence-corrected chi connectivity index (χ0v) is 9.73. The molecule has 0 radical (unpaired) electrons. The molecule has 0 aliphatic heterocycles. The summed E-state index contributed by atoms with van der Waals surface area (Å²) in [4.78, 5) is 10.6. The summed E-state index contributed by atoms with van der Waals surface area (Å²) >= 11 is 3.57. The lowest BCUT2D eigenvalue weighted by atomic mass is 10.1. The van der Waals surface area contributed by atoms with Crippen molar-refractivity contribution in [2.45, 2.75) is 0 Å². The molecule has 1 N–H and O–H groups in total. The van der Waals surface area contributed by atoms with Gasteiger partial charge in [-0.3, -0.25) is 0 Å². The van der Waals surface area contributed by atoms with E-state index < -0.39 is 11.8 Å². The first-order valence-corrected chi connectivity index (χ1v) is 5.59. The highest BCUT2D eigenvalue weighted by Gasteiger charge is 2.12. The van der Waals surface area contributed by atoms with Gasteiger partial charge in [0.15, 0.2) is 0 Å². The van der Waals surface area contributed by atoms with E-state index in [4.69, 9.17) is 5.11 Å². The second kappa shape index (κ2) is 3.47. The molecule has 2 aromatic rings. The number of fused-ring (bicyclic) bond motifs is 1. The molecule has 2 rings (SSSR count). The van der Waals surface area contributed by atoms with Gasteiger partial charge in [-0.2, -0.15) is 0 Å². The van der Waals surface area contributed by atoms with Crippen molar-refractivity contribution in [3.05, 3.63) is 32.5 Å². The highest BCUT2D eigenvalue weighted by atomic mass is 127. The first-order valence-electron chi connectivity index (χ1n) is 3.70. The number of rotatable bonds is 1. The molecule has 2 nitrogen and oxygen atoms in total. The highest BCUT2D eigenvalue weighted by molar-refractivity contribution is 14.1. The lowest BCUT2D eigenvalue weighted by molar-refractivity contribution is 0.0692. The van der Waals surface area contributed by atoms with Crippen molar-refractivity contribution in [2.75, 3.05) is 0 Å². The minimum absolute atomic E-state index is 0.268. The van der Waals surface area contributed by atoms with Crippen LogP contribution in [-0.2, 0) is 0 Å². The number of hydrogen-bond donors (Lipinski definition) is 1. The van der Waals surface area contributed by atoms with Gasteiger partial charge in [-0.25, -0.2) is 9.18 Å². The van der Waals surface area contributed by atoms with Crippen LogP contribution in [0.25, 0.3) is 10.1 Å². The monoisotopic (exact) mass is 322 g/mol. The van der Waals surface area contributed by atoms with Gasteiger partial charge in [0.25, 0.3) is 0 Å². The molecular weight excluding hydrogens is 318 g/mol. The Morgan fingerprint density at radius 1 is 1.43 bits per heavy atom. The van der Waals surface area contributed by atoms with E-state index in [9.17, 15) is 9.18 Å². The lowest BCUT2D eigenvalue weighted by Crippen LogP contribution is -1.99. The van der Waals surface area contributed by atoms with Gasteiger partial charge in [-0.05, 0) is 46.2 Å². The smallest absolute Gasteiger partial charge is 0.338 e. The van der Waals surface area contributed by atoms with E-state index in [0.29, 0.717) is 0 Å². The Kier molecular flexibility index (Phi) is 2.44. The van der Waals surface area contributed by atoms with E-state index in [2.05, 4.69) is 22.6 Å². The van der Waals surface area contributed by atoms with Gasteiger partial charge in [0.2, 0.25) is 0 Å². The number of aromatic carboxylic acids is 1. The molecular formula is C9H4FIO2S. The quantitative estimate of drug-likeness (QED) is 0.818. The predicted octanol–water partition coefficient (Wildman–Crippen LogP) is 3.34. The molecule has 0 unspecified atom stereocenters. The van der Waals surface area contributed by atoms with Crippen molar-refractivity contribution in [1.29, 1.82) is 0 Å². The van der Waals surface area contributed by atoms with Crippen LogP contribution in [0.1, 0.15) is 10.4 Å². The Bertz CT molecular complexity index is 521. The second-order valence-electron chi connectivity index (χ2n) is 2.73. The van der Waals surface area contributed by atoms with Gasteiger partial charge in [-0.15, -0.1) is 11.3 Å². The SMILES string of the molecule is O=C(O)c1cc2sc(I)cc2cc1F. The van der Waals surface area contributed by atoms with Crippen LogP contribution in [0.2, 0.25) is 0 Å². The molecule has 0 amide bonds. The fourth-order valence-electron chi connectivity index (χ4n) is 1.19. The summed E-state index contributed by atoms with van der Waals surface area (Å²) in [5.41, 5.74) is -0.268. The van der Waals surface area contributed by atoms with Crippen LogP contribution < -0.4 is 0 Å². The van der Waals surface area contributed by atoms with Crippen molar-refractivity contribution >= 4 is 50.0 Å². The second-order valence-corrected chi connectivity index (χ2v) is 5.70. The van der Waals surface area contributed by atoms with Crippen molar-refractivity contribution in [1.82, 2.24) is 0 Å². The van der Waals surface area contributed by atoms with E-state index in [1.807, 2.05) is 6.07 Å². The van der Waals surface area contributed by atoms with Gasteiger partial charge in [0, 0.05) is 4.70 Å². The van der Waals surface area contributed by atoms with Crippen molar-refractivity contribution in [3.8, 4) is 0 Å². The molecule has 1 aromatic carbocycles. The highest BCUT2D eigenvalue weighted by Crippen LogP contribution is 2.28. The molecule has 0 bridgehead atoms. The Morgan fingerprint density at radius 2 is 2.14 bits per heavy atom. The number of carboxylic acid groups (broad SMARTS) is 1. The topological polar surface area (TPSA) is 37.3 Å². The zero-order chi connectivity index (χ0) is 10.3. The van der Waals surface area contributed by atoms with Gasteiger partial charge in [-0.1, -0.05) is 0 Å². The summed E-state index contributed by atoms with van der Waals surface area (Å²) in [5.74, 6) is -1.91. The Labute approximate surface area is 96.5 Å². The number of hydrogen-bond acceptors (Lipinski definition) is 2. The largest absolute Gasteiger partial charge is 0.478 e. The Balaban J connectivity index is 2.76. The third kappa shape index (κ3) is 1.61. The third-order valence-electron chi connectivity index (χ3n) is 1.81. The van der Waals surface area contributed by atoms with Crippen molar-refractivity contribution < 1.29 is 14.3 Å². The molecule has 1 aromatic heterocycles. The summed E-state index contributed by atoms with van der Waals surface area (Å²) < 4.78 is 15.0. The molecule has 0 aliphatic carbocycles. The summed E-state index contributed by atoms with van der Waals surface area (Å²) in [6.07, 6.45) is 0. The molecule has 0 atom stereocenters. The molecule has 5 heteroatoms. The van der Waals surface area contributed by atoms with Crippen LogP contribution >= 0.6 is 33.9 Å². The Hall–Kier alpha value is -0.690. The molecule has 0 aliphatic rings. The van der Waals surface area contributed by atoms with Gasteiger partial charge < -0.3 is 5.11 Å². The minimum atomic E-state index is -1.23. The first kappa shape index (κ1) is 9.85. The summed E-state index contributed by atoms with van der Waals surface area (Å²) in [6, 6.07) is 4.46. The first-order chi connectivity index (χ1) is 6.58. The molecule has 0 spiro atoms. The maximum Gasteiger partial charge on any atom is 0.338 e. The van der Waals surface area contributed by atoms with Gasteiger partial charge in [0.1, 0.15) is 5.82 Å². The van der Waals surface area contributed by atoms with Crippen LogP contribution in [0.4, 0.5) is 4.39 Å². The van der Waals surface area contributed by atoms with E-state index in [1.54, 1.807) is 0 Å². The maximum absolute atomic E-state index is 13.2. The fourth-order valence-corrected chi connectivity index (χ4v) is 3.05. The Morgan fingerprint density at radius 3 is 2.79 bits per heavy atom. The van der Waals surface area contributed by atoms with E-state index in [-0.39, 0.29) is 5.56 Å². The van der Waals surface area contributed by atoms with Gasteiger partial charge in [0.05, 0.1) is 8.45 Å². The van der Waals surface area contributed by atoms with Crippen LogP contribution in [0.3, 0.4) is 0 Å². The van der Waals surface area contributed by atoms with E-state index in [1.165, 1.54) is 23.5 Å². The molecule has 14 heavy (non-hydrogen) atoms. The van der Waals surface area contributed by atoms with Crippen LogP contribution in [0, 0.1) is 8.70 Å². The van der Waals surface area contributed by atoms with E-state index >= 15 is 0 Å². The minimum Gasteiger partial charge on any atom is -0.478 e. The summed E-state index contributed by atoms with van der Waals surface area (Å²) in [7, 11) is 0. The number of thiophene rings is 1. The van der Waals surface area contributed by atoms with Gasteiger partial charge >= 0.3 is 5.97 Å². The zero-order valence-electron chi connectivity index (χ0n) is 6.75. The number of halogens is 2. The molecule has 1 heterocycles. The number of benzene rings is 1. The maximum atomic E-state index is 13.2. The van der Waals surface area contributed by atoms with Crippen LogP contribution in [0.15, 0.2) is 18.2 Å². The van der Waals surface area contributed by atoms with Crippen molar-refractivity contribution in [2.24, 2.45) is 0 Å². The van der Waals surface area contributed by atoms with Crippen LogP contribution in [0.5, 0.6) is 0 Å². The standard InChI is InChI=1S/C9H4FIO2S/c10-6-1-4-2-8(11)14-7(4)3-5(6)9(12)13/h1-3H,(H,12,13). The number of carbonyl (C=O) groups is 1. The van der Waals surface area contributed by atoms with Crippen LogP contribution in [-0.4, -0.2) is 11.1 Å². The molecule has 72 valence electrons. The number of carboxylic acids is 1. The van der Waals surface area contributed by atoms with Crippen molar-refractivity contribution in [3.63, 3.8) is 0 Å². The molecule has 0 saturated heterocycles. The van der Waals surface area contributed by atoms with E-state index in [0.717, 1.165) is 13.0 Å². The predicted molar refractivity (Wildman–Crippen MR) is 61.5 cm³/mol. The average Bonchev–Trinajstić information content (AvgIpc) is 2.42. The summed E-state index contributed by atoms with van der Waals surface area (Å²) in [5, 5.41) is 9.45. The summed E-state index contributed by atoms with van der Waals surface area (Å²) in [6.45, 7) is 0. The lowest BCUT2D eigenvalue weighted by Gasteiger charge is -1.96.